The molecule has 2 aliphatic rings. The Balaban J connectivity index is 2.13. The van der Waals surface area contributed by atoms with Gasteiger partial charge in [-0.1, -0.05) is 11.6 Å². The van der Waals surface area contributed by atoms with E-state index < -0.39 is 0 Å². The van der Waals surface area contributed by atoms with Crippen molar-refractivity contribution >= 4 is 11.6 Å². The van der Waals surface area contributed by atoms with Crippen LogP contribution in [0.1, 0.15) is 29.5 Å². The summed E-state index contributed by atoms with van der Waals surface area (Å²) in [6, 6.07) is 0. The molecule has 0 bridgehead atoms. The maximum Gasteiger partial charge on any atom is 0.141 e. The number of hydroxylamine groups is 1. The van der Waals surface area contributed by atoms with Crippen LogP contribution in [0, 0.1) is 0 Å². The van der Waals surface area contributed by atoms with Crippen LogP contribution in [0.2, 0.25) is 5.02 Å². The molecule has 0 aliphatic carbocycles. The summed E-state index contributed by atoms with van der Waals surface area (Å²) in [7, 11) is 1.62. The molecule has 2 heterocycles. The van der Waals surface area contributed by atoms with Crippen LogP contribution in [0.15, 0.2) is 0 Å². The number of nitrogens with one attached hydrogen (secondary N) is 1. The van der Waals surface area contributed by atoms with Gasteiger partial charge in [0.05, 0.1) is 31.9 Å². The Hall–Kier alpha value is -0.970. The zero-order valence-corrected chi connectivity index (χ0v) is 11.8. The van der Waals surface area contributed by atoms with E-state index in [9.17, 15) is 0 Å². The van der Waals surface area contributed by atoms with Crippen LogP contribution in [0.3, 0.4) is 0 Å². The second kappa shape index (κ2) is 5.57. The van der Waals surface area contributed by atoms with Crippen LogP contribution in [0.25, 0.3) is 0 Å². The molecule has 5 heteroatoms. The highest BCUT2D eigenvalue weighted by Gasteiger charge is 2.28. The van der Waals surface area contributed by atoms with Crippen molar-refractivity contribution in [1.29, 1.82) is 0 Å². The smallest absolute Gasteiger partial charge is 0.141 e. The molecule has 0 fully saturated rings. The lowest BCUT2D eigenvalue weighted by molar-refractivity contribution is 0.0853. The lowest BCUT2D eigenvalue weighted by Crippen LogP contribution is -2.21. The minimum absolute atomic E-state index is 0.613. The van der Waals surface area contributed by atoms with E-state index >= 15 is 0 Å². The van der Waals surface area contributed by atoms with Gasteiger partial charge in [0, 0.05) is 16.7 Å². The molecule has 0 atom stereocenters. The van der Waals surface area contributed by atoms with Crippen LogP contribution in [-0.4, -0.2) is 20.3 Å². The fourth-order valence-electron chi connectivity index (χ4n) is 2.82. The number of hydrogen-bond donors (Lipinski definition) is 1. The Morgan fingerprint density at radius 2 is 1.79 bits per heavy atom. The van der Waals surface area contributed by atoms with E-state index in [1.807, 2.05) is 0 Å². The number of hydrogen-bond acceptors (Lipinski definition) is 4. The first-order valence-corrected chi connectivity index (χ1v) is 7.08. The molecule has 0 saturated carbocycles. The third kappa shape index (κ3) is 2.29. The van der Waals surface area contributed by atoms with Gasteiger partial charge in [0.1, 0.15) is 11.5 Å². The fraction of sp³-hybridized carbons (Fsp3) is 0.571. The van der Waals surface area contributed by atoms with Crippen LogP contribution in [-0.2, 0) is 24.2 Å². The third-order valence-corrected chi connectivity index (χ3v) is 4.08. The van der Waals surface area contributed by atoms with Crippen molar-refractivity contribution in [2.45, 2.75) is 32.2 Å². The minimum atomic E-state index is 0.613. The van der Waals surface area contributed by atoms with Crippen LogP contribution in [0.5, 0.6) is 11.5 Å². The van der Waals surface area contributed by atoms with Gasteiger partial charge in [0.15, 0.2) is 0 Å². The van der Waals surface area contributed by atoms with Crippen molar-refractivity contribution in [3.8, 4) is 11.5 Å². The number of benzene rings is 1. The molecule has 0 saturated heterocycles. The summed E-state index contributed by atoms with van der Waals surface area (Å²) >= 11 is 6.49. The van der Waals surface area contributed by atoms with Crippen molar-refractivity contribution in [1.82, 2.24) is 5.48 Å². The standard InChI is InChI=1S/C14H18ClNO3/c1-17-16-8-11-9-4-2-7-19-14(9)12(15)10-5-3-6-18-13(10)11/h16H,2-8H2,1H3. The lowest BCUT2D eigenvalue weighted by Gasteiger charge is -2.29. The summed E-state index contributed by atoms with van der Waals surface area (Å²) in [4.78, 5) is 4.98. The Bertz CT molecular complexity index is 453. The summed E-state index contributed by atoms with van der Waals surface area (Å²) in [6.07, 6.45) is 3.95. The average Bonchev–Trinajstić information content (AvgIpc) is 2.47. The first-order valence-electron chi connectivity index (χ1n) is 6.70. The molecule has 4 nitrogen and oxygen atoms in total. The lowest BCUT2D eigenvalue weighted by atomic mass is 9.93. The zero-order valence-electron chi connectivity index (χ0n) is 11.1. The monoisotopic (exact) mass is 283 g/mol. The SMILES string of the molecule is CONCc1c2c(c(Cl)c3c1OCCC3)OCCC2. The number of halogens is 1. The summed E-state index contributed by atoms with van der Waals surface area (Å²) in [6.45, 7) is 2.11. The number of ether oxygens (including phenoxy) is 2. The highest BCUT2D eigenvalue weighted by atomic mass is 35.5. The van der Waals surface area contributed by atoms with Gasteiger partial charge in [-0.2, -0.15) is 5.48 Å². The Kier molecular flexibility index (Phi) is 3.82. The second-order valence-corrected chi connectivity index (χ2v) is 5.22. The largest absolute Gasteiger partial charge is 0.493 e. The normalized spacial score (nSPS) is 17.2. The fourth-order valence-corrected chi connectivity index (χ4v) is 3.16. The summed E-state index contributed by atoms with van der Waals surface area (Å²) in [5.41, 5.74) is 6.29. The molecule has 19 heavy (non-hydrogen) atoms. The van der Waals surface area contributed by atoms with Crippen molar-refractivity contribution in [3.63, 3.8) is 0 Å². The van der Waals surface area contributed by atoms with E-state index in [2.05, 4.69) is 5.48 Å². The highest BCUT2D eigenvalue weighted by molar-refractivity contribution is 6.33. The predicted octanol–water partition coefficient (Wildman–Crippen LogP) is 2.64. The molecule has 0 aromatic heterocycles. The summed E-state index contributed by atoms with van der Waals surface area (Å²) in [5, 5.41) is 0.741. The van der Waals surface area contributed by atoms with E-state index in [1.54, 1.807) is 7.11 Å². The van der Waals surface area contributed by atoms with Gasteiger partial charge in [-0.3, -0.25) is 0 Å². The van der Waals surface area contributed by atoms with E-state index in [1.165, 1.54) is 5.56 Å². The van der Waals surface area contributed by atoms with E-state index in [0.29, 0.717) is 6.54 Å². The maximum atomic E-state index is 6.49. The van der Waals surface area contributed by atoms with Gasteiger partial charge >= 0.3 is 0 Å². The number of fused-ring (bicyclic) bond motifs is 2. The first-order chi connectivity index (χ1) is 9.33. The van der Waals surface area contributed by atoms with Gasteiger partial charge < -0.3 is 14.3 Å². The number of rotatable bonds is 3. The van der Waals surface area contributed by atoms with Gasteiger partial charge in [0.2, 0.25) is 0 Å². The summed E-state index contributed by atoms with van der Waals surface area (Å²) in [5.74, 6) is 1.79. The molecule has 0 radical (unpaired) electrons. The Labute approximate surface area is 117 Å². The molecule has 2 aliphatic heterocycles. The Morgan fingerprint density at radius 1 is 1.11 bits per heavy atom. The zero-order chi connectivity index (χ0) is 13.2. The van der Waals surface area contributed by atoms with Crippen molar-refractivity contribution in [3.05, 3.63) is 21.7 Å². The second-order valence-electron chi connectivity index (χ2n) is 4.84. The van der Waals surface area contributed by atoms with Crippen molar-refractivity contribution in [2.75, 3.05) is 20.3 Å². The van der Waals surface area contributed by atoms with Crippen LogP contribution < -0.4 is 15.0 Å². The molecule has 1 aromatic rings. The van der Waals surface area contributed by atoms with E-state index in [0.717, 1.165) is 66.5 Å². The third-order valence-electron chi connectivity index (χ3n) is 3.68. The molecule has 1 aromatic carbocycles. The molecule has 0 unspecified atom stereocenters. The topological polar surface area (TPSA) is 39.7 Å². The van der Waals surface area contributed by atoms with Gasteiger partial charge in [-0.05, 0) is 25.7 Å². The van der Waals surface area contributed by atoms with Crippen LogP contribution in [0.4, 0.5) is 0 Å². The maximum absolute atomic E-state index is 6.49. The molecule has 3 rings (SSSR count). The van der Waals surface area contributed by atoms with Crippen molar-refractivity contribution < 1.29 is 14.3 Å². The molecular formula is C14H18ClNO3. The Morgan fingerprint density at radius 3 is 2.53 bits per heavy atom. The van der Waals surface area contributed by atoms with Gasteiger partial charge in [-0.15, -0.1) is 0 Å². The molecular weight excluding hydrogens is 266 g/mol. The predicted molar refractivity (Wildman–Crippen MR) is 72.9 cm³/mol. The highest BCUT2D eigenvalue weighted by Crippen LogP contribution is 2.46. The summed E-state index contributed by atoms with van der Waals surface area (Å²) < 4.78 is 11.6. The van der Waals surface area contributed by atoms with Crippen LogP contribution >= 0.6 is 11.6 Å². The van der Waals surface area contributed by atoms with Gasteiger partial charge in [0.25, 0.3) is 0 Å². The quantitative estimate of drug-likeness (QED) is 0.866. The van der Waals surface area contributed by atoms with E-state index in [4.69, 9.17) is 25.9 Å². The molecule has 0 spiro atoms. The first kappa shape index (κ1) is 13.0. The van der Waals surface area contributed by atoms with Crippen molar-refractivity contribution in [2.24, 2.45) is 0 Å². The molecule has 104 valence electrons. The molecule has 1 N–H and O–H groups in total. The van der Waals surface area contributed by atoms with E-state index in [-0.39, 0.29) is 0 Å². The van der Waals surface area contributed by atoms with Gasteiger partial charge in [-0.25, -0.2) is 0 Å². The molecule has 0 amide bonds. The average molecular weight is 284 g/mol. The minimum Gasteiger partial charge on any atom is -0.493 e.